The van der Waals surface area contributed by atoms with Crippen LogP contribution in [0.2, 0.25) is 10.0 Å². The molecule has 2 aromatic carbocycles. The summed E-state index contributed by atoms with van der Waals surface area (Å²) in [5, 5.41) is 1.31. The monoisotopic (exact) mass is 330 g/mol. The number of nitrogens with one attached hydrogen (secondary N) is 1. The van der Waals surface area contributed by atoms with E-state index in [9.17, 15) is 0 Å². The van der Waals surface area contributed by atoms with Crippen LogP contribution in [-0.2, 0) is 6.42 Å². The van der Waals surface area contributed by atoms with Crippen molar-refractivity contribution in [1.29, 1.82) is 0 Å². The molecule has 3 aromatic rings. The molecule has 0 aliphatic rings. The lowest BCUT2D eigenvalue weighted by Gasteiger charge is -2.02. The Bertz CT molecular complexity index is 804. The Balaban J connectivity index is 1.90. The molecular formula is C18H16Cl2N2. The number of nitrogens with zero attached hydrogens (tertiary/aromatic N) is 1. The van der Waals surface area contributed by atoms with Gasteiger partial charge in [-0.15, -0.1) is 0 Å². The Kier molecular flexibility index (Phi) is 4.23. The van der Waals surface area contributed by atoms with E-state index in [-0.39, 0.29) is 0 Å². The summed E-state index contributed by atoms with van der Waals surface area (Å²) in [6, 6.07) is 13.9. The molecule has 0 aliphatic heterocycles. The summed E-state index contributed by atoms with van der Waals surface area (Å²) in [5.74, 6) is 0.900. The highest BCUT2D eigenvalue weighted by Gasteiger charge is 2.11. The Morgan fingerprint density at radius 3 is 2.41 bits per heavy atom. The number of hydrogen-bond acceptors (Lipinski definition) is 1. The van der Waals surface area contributed by atoms with Gasteiger partial charge in [-0.05, 0) is 31.5 Å². The molecule has 0 saturated carbocycles. The first kappa shape index (κ1) is 15.1. The molecule has 2 nitrogen and oxygen atoms in total. The third-order valence-corrected chi connectivity index (χ3v) is 4.22. The predicted octanol–water partition coefficient (Wildman–Crippen LogP) is 5.59. The van der Waals surface area contributed by atoms with Crippen molar-refractivity contribution in [3.05, 3.63) is 75.2 Å². The minimum atomic E-state index is 0.643. The van der Waals surface area contributed by atoms with Crippen molar-refractivity contribution < 1.29 is 0 Å². The molecule has 0 fully saturated rings. The molecule has 1 aromatic heterocycles. The minimum absolute atomic E-state index is 0.643. The Hall–Kier alpha value is -1.77. The van der Waals surface area contributed by atoms with Crippen LogP contribution in [0.25, 0.3) is 11.3 Å². The van der Waals surface area contributed by atoms with Crippen molar-refractivity contribution in [1.82, 2.24) is 9.97 Å². The fraction of sp³-hybridized carbons (Fsp3) is 0.167. The normalized spacial score (nSPS) is 10.9. The maximum atomic E-state index is 6.23. The van der Waals surface area contributed by atoms with Gasteiger partial charge in [0.1, 0.15) is 5.82 Å². The topological polar surface area (TPSA) is 28.7 Å². The van der Waals surface area contributed by atoms with E-state index in [2.05, 4.69) is 36.2 Å². The highest BCUT2D eigenvalue weighted by Crippen LogP contribution is 2.25. The summed E-state index contributed by atoms with van der Waals surface area (Å²) in [7, 11) is 0. The van der Waals surface area contributed by atoms with Crippen LogP contribution in [0.4, 0.5) is 0 Å². The number of aromatic nitrogens is 2. The van der Waals surface area contributed by atoms with E-state index in [0.29, 0.717) is 16.5 Å². The van der Waals surface area contributed by atoms with E-state index in [0.717, 1.165) is 28.3 Å². The van der Waals surface area contributed by atoms with E-state index in [1.54, 1.807) is 6.07 Å². The van der Waals surface area contributed by atoms with Gasteiger partial charge in [-0.25, -0.2) is 4.98 Å². The number of H-pyrrole nitrogens is 1. The molecule has 1 N–H and O–H groups in total. The number of benzene rings is 2. The second-order valence-corrected chi connectivity index (χ2v) is 6.28. The second kappa shape index (κ2) is 6.15. The molecule has 4 heteroatoms. The standard InChI is InChI=1S/C18H16Cl2N2/c1-11-3-5-13(6-4-11)18-12(2)21-17(22-18)9-14-7-8-15(19)10-16(14)20/h3-8,10H,9H2,1-2H3,(H,21,22). The molecule has 0 aliphatic carbocycles. The molecular weight excluding hydrogens is 315 g/mol. The van der Waals surface area contributed by atoms with Crippen LogP contribution in [-0.4, -0.2) is 9.97 Å². The second-order valence-electron chi connectivity index (χ2n) is 5.44. The summed E-state index contributed by atoms with van der Waals surface area (Å²) < 4.78 is 0. The summed E-state index contributed by atoms with van der Waals surface area (Å²) in [4.78, 5) is 8.07. The van der Waals surface area contributed by atoms with E-state index in [1.807, 2.05) is 19.1 Å². The highest BCUT2D eigenvalue weighted by atomic mass is 35.5. The SMILES string of the molecule is Cc1ccc(-c2nc(Cc3ccc(Cl)cc3Cl)[nH]c2C)cc1. The average molecular weight is 331 g/mol. The number of hydrogen-bond donors (Lipinski definition) is 1. The van der Waals surface area contributed by atoms with Gasteiger partial charge in [0, 0.05) is 27.7 Å². The molecule has 0 bridgehead atoms. The molecule has 22 heavy (non-hydrogen) atoms. The van der Waals surface area contributed by atoms with Crippen molar-refractivity contribution >= 4 is 23.2 Å². The third-order valence-electron chi connectivity index (χ3n) is 3.63. The van der Waals surface area contributed by atoms with Gasteiger partial charge in [-0.1, -0.05) is 59.1 Å². The fourth-order valence-corrected chi connectivity index (χ4v) is 2.92. The Morgan fingerprint density at radius 1 is 1.00 bits per heavy atom. The van der Waals surface area contributed by atoms with Gasteiger partial charge in [0.25, 0.3) is 0 Å². The molecule has 112 valence electrons. The Morgan fingerprint density at radius 2 is 1.73 bits per heavy atom. The zero-order valence-electron chi connectivity index (χ0n) is 12.5. The summed E-state index contributed by atoms with van der Waals surface area (Å²) in [5.41, 5.74) is 5.41. The van der Waals surface area contributed by atoms with E-state index < -0.39 is 0 Å². The lowest BCUT2D eigenvalue weighted by atomic mass is 10.1. The van der Waals surface area contributed by atoms with Crippen molar-refractivity contribution in [2.75, 3.05) is 0 Å². The van der Waals surface area contributed by atoms with Crippen LogP contribution < -0.4 is 0 Å². The number of rotatable bonds is 3. The van der Waals surface area contributed by atoms with Crippen LogP contribution >= 0.6 is 23.2 Å². The lowest BCUT2D eigenvalue weighted by Crippen LogP contribution is -1.92. The van der Waals surface area contributed by atoms with Gasteiger partial charge < -0.3 is 4.98 Å². The Labute approximate surface area is 140 Å². The van der Waals surface area contributed by atoms with Crippen LogP contribution in [0.1, 0.15) is 22.6 Å². The summed E-state index contributed by atoms with van der Waals surface area (Å²) in [6.07, 6.45) is 0.655. The quantitative estimate of drug-likeness (QED) is 0.666. The van der Waals surface area contributed by atoms with Crippen molar-refractivity contribution in [3.8, 4) is 11.3 Å². The maximum Gasteiger partial charge on any atom is 0.111 e. The van der Waals surface area contributed by atoms with E-state index in [1.165, 1.54) is 5.56 Å². The predicted molar refractivity (Wildman–Crippen MR) is 92.8 cm³/mol. The first-order valence-electron chi connectivity index (χ1n) is 7.09. The van der Waals surface area contributed by atoms with Crippen LogP contribution in [0.3, 0.4) is 0 Å². The highest BCUT2D eigenvalue weighted by molar-refractivity contribution is 6.35. The fourth-order valence-electron chi connectivity index (χ4n) is 2.44. The van der Waals surface area contributed by atoms with Crippen LogP contribution in [0.15, 0.2) is 42.5 Å². The number of imidazole rings is 1. The first-order chi connectivity index (χ1) is 10.5. The number of aromatic amines is 1. The first-order valence-corrected chi connectivity index (χ1v) is 7.85. The molecule has 0 unspecified atom stereocenters. The van der Waals surface area contributed by atoms with Gasteiger partial charge in [-0.2, -0.15) is 0 Å². The smallest absolute Gasteiger partial charge is 0.111 e. The molecule has 0 radical (unpaired) electrons. The lowest BCUT2D eigenvalue weighted by molar-refractivity contribution is 1.02. The van der Waals surface area contributed by atoms with Crippen LogP contribution in [0.5, 0.6) is 0 Å². The molecule has 3 rings (SSSR count). The number of halogens is 2. The van der Waals surface area contributed by atoms with E-state index >= 15 is 0 Å². The van der Waals surface area contributed by atoms with Gasteiger partial charge in [-0.3, -0.25) is 0 Å². The summed E-state index contributed by atoms with van der Waals surface area (Å²) >= 11 is 12.2. The minimum Gasteiger partial charge on any atom is -0.345 e. The van der Waals surface area contributed by atoms with Crippen molar-refractivity contribution in [2.24, 2.45) is 0 Å². The van der Waals surface area contributed by atoms with Crippen molar-refractivity contribution in [3.63, 3.8) is 0 Å². The molecule has 0 spiro atoms. The zero-order valence-corrected chi connectivity index (χ0v) is 14.0. The zero-order chi connectivity index (χ0) is 15.7. The molecule has 0 amide bonds. The van der Waals surface area contributed by atoms with Crippen molar-refractivity contribution in [2.45, 2.75) is 20.3 Å². The summed E-state index contributed by atoms with van der Waals surface area (Å²) in [6.45, 7) is 4.12. The molecule has 0 saturated heterocycles. The van der Waals surface area contributed by atoms with Gasteiger partial charge in [0.05, 0.1) is 5.69 Å². The number of aryl methyl sites for hydroxylation is 2. The van der Waals surface area contributed by atoms with Crippen LogP contribution in [0, 0.1) is 13.8 Å². The van der Waals surface area contributed by atoms with E-state index in [4.69, 9.17) is 28.2 Å². The van der Waals surface area contributed by atoms with Gasteiger partial charge in [0.2, 0.25) is 0 Å². The molecule has 0 atom stereocenters. The van der Waals surface area contributed by atoms with Gasteiger partial charge in [0.15, 0.2) is 0 Å². The average Bonchev–Trinajstić information content (AvgIpc) is 2.84. The maximum absolute atomic E-state index is 6.23. The third kappa shape index (κ3) is 3.18. The molecule has 1 heterocycles. The largest absolute Gasteiger partial charge is 0.345 e. The van der Waals surface area contributed by atoms with Gasteiger partial charge >= 0.3 is 0 Å².